The van der Waals surface area contributed by atoms with Crippen molar-refractivity contribution >= 4 is 30.5 Å². The van der Waals surface area contributed by atoms with Crippen LogP contribution in [0.4, 0.5) is 4.79 Å². The van der Waals surface area contributed by atoms with E-state index >= 15 is 0 Å². The molecule has 7 nitrogen and oxygen atoms in total. The zero-order valence-corrected chi connectivity index (χ0v) is 22.2. The molecule has 0 aliphatic carbocycles. The van der Waals surface area contributed by atoms with Gasteiger partial charge in [0.1, 0.15) is 17.7 Å². The third kappa shape index (κ3) is 10.1. The number of hydrogen-bond donors (Lipinski definition) is 3. The number of alkyl carbamates (subject to hydrolysis) is 1. The summed E-state index contributed by atoms with van der Waals surface area (Å²) in [6, 6.07) is 5.80. The predicted octanol–water partition coefficient (Wildman–Crippen LogP) is 4.40. The molecule has 1 aromatic carbocycles. The normalized spacial score (nSPS) is 13.6. The van der Waals surface area contributed by atoms with Gasteiger partial charge in [0.15, 0.2) is 0 Å². The van der Waals surface area contributed by atoms with Gasteiger partial charge in [-0.2, -0.15) is 12.6 Å². The number of aryl methyl sites for hydroxylation is 1. The van der Waals surface area contributed by atoms with E-state index < -0.39 is 29.3 Å². The summed E-state index contributed by atoms with van der Waals surface area (Å²) in [5.41, 5.74) is 0.590. The van der Waals surface area contributed by atoms with Crippen molar-refractivity contribution in [2.45, 2.75) is 91.5 Å². The van der Waals surface area contributed by atoms with Crippen molar-refractivity contribution in [1.82, 2.24) is 15.5 Å². The van der Waals surface area contributed by atoms with Gasteiger partial charge in [0.2, 0.25) is 11.8 Å². The quantitative estimate of drug-likeness (QED) is 0.458. The first kappa shape index (κ1) is 28.8. The van der Waals surface area contributed by atoms with Crippen molar-refractivity contribution in [2.75, 3.05) is 12.3 Å². The van der Waals surface area contributed by atoms with Crippen LogP contribution < -0.4 is 10.6 Å². The second-order valence-corrected chi connectivity index (χ2v) is 10.7. The van der Waals surface area contributed by atoms with Crippen LogP contribution in [0.1, 0.15) is 78.5 Å². The van der Waals surface area contributed by atoms with Gasteiger partial charge in [0, 0.05) is 17.8 Å². The van der Waals surface area contributed by atoms with E-state index in [0.29, 0.717) is 18.5 Å². The standard InChI is InChI=1S/C25H41N3O4S/c1-9-10-15-28(22(30)19(16-33)26-23(31)32-25(6,7)8)20(21(29)27-24(3,4)5)18-13-11-17(2)12-14-18/h11-14,19-20,33H,9-10,15-16H2,1-8H3,(H,26,31)(H,27,29). The van der Waals surface area contributed by atoms with Gasteiger partial charge in [0.05, 0.1) is 0 Å². The molecule has 1 rings (SSSR count). The number of amides is 3. The molecule has 1 aromatic rings. The molecule has 0 saturated carbocycles. The molecule has 33 heavy (non-hydrogen) atoms. The van der Waals surface area contributed by atoms with E-state index in [0.717, 1.165) is 12.0 Å². The number of unbranched alkanes of at least 4 members (excludes halogenated alkanes) is 1. The topological polar surface area (TPSA) is 87.7 Å². The fourth-order valence-electron chi connectivity index (χ4n) is 3.19. The monoisotopic (exact) mass is 479 g/mol. The lowest BCUT2D eigenvalue weighted by molar-refractivity contribution is -0.142. The Morgan fingerprint density at radius 2 is 1.64 bits per heavy atom. The molecule has 0 aromatic heterocycles. The van der Waals surface area contributed by atoms with Crippen LogP contribution in [0.15, 0.2) is 24.3 Å². The largest absolute Gasteiger partial charge is 0.444 e. The number of rotatable bonds is 9. The minimum Gasteiger partial charge on any atom is -0.444 e. The molecular formula is C25H41N3O4S. The highest BCUT2D eigenvalue weighted by Gasteiger charge is 2.36. The van der Waals surface area contributed by atoms with Gasteiger partial charge < -0.3 is 20.3 Å². The third-order valence-corrected chi connectivity index (χ3v) is 5.02. The van der Waals surface area contributed by atoms with Crippen LogP contribution in [0.2, 0.25) is 0 Å². The van der Waals surface area contributed by atoms with E-state index in [2.05, 4.69) is 23.3 Å². The van der Waals surface area contributed by atoms with E-state index in [4.69, 9.17) is 4.74 Å². The van der Waals surface area contributed by atoms with Crippen LogP contribution in [0, 0.1) is 6.92 Å². The number of benzene rings is 1. The van der Waals surface area contributed by atoms with Crippen LogP contribution in [0.3, 0.4) is 0 Å². The molecule has 3 amide bonds. The molecule has 0 aliphatic rings. The van der Waals surface area contributed by atoms with E-state index in [9.17, 15) is 14.4 Å². The lowest BCUT2D eigenvalue weighted by atomic mass is 9.99. The van der Waals surface area contributed by atoms with Gasteiger partial charge >= 0.3 is 6.09 Å². The number of thiol groups is 1. The van der Waals surface area contributed by atoms with Crippen LogP contribution in [-0.2, 0) is 14.3 Å². The summed E-state index contributed by atoms with van der Waals surface area (Å²) in [6.07, 6.45) is 0.857. The Hall–Kier alpha value is -2.22. The van der Waals surface area contributed by atoms with Gasteiger partial charge in [-0.25, -0.2) is 4.79 Å². The summed E-state index contributed by atoms with van der Waals surface area (Å²) in [5, 5.41) is 5.63. The summed E-state index contributed by atoms with van der Waals surface area (Å²) in [7, 11) is 0. The van der Waals surface area contributed by atoms with Crippen molar-refractivity contribution in [3.63, 3.8) is 0 Å². The van der Waals surface area contributed by atoms with Crippen molar-refractivity contribution in [3.8, 4) is 0 Å². The molecule has 0 fully saturated rings. The van der Waals surface area contributed by atoms with Crippen LogP contribution in [-0.4, -0.2) is 52.3 Å². The number of nitrogens with zero attached hydrogens (tertiary/aromatic N) is 1. The highest BCUT2D eigenvalue weighted by Crippen LogP contribution is 2.25. The second-order valence-electron chi connectivity index (χ2n) is 10.3. The molecule has 186 valence electrons. The van der Waals surface area contributed by atoms with Crippen molar-refractivity contribution < 1.29 is 19.1 Å². The lowest BCUT2D eigenvalue weighted by Crippen LogP contribution is -2.55. The molecule has 0 spiro atoms. The predicted molar refractivity (Wildman–Crippen MR) is 135 cm³/mol. The first-order chi connectivity index (χ1) is 15.2. The second kappa shape index (κ2) is 12.3. The number of hydrogen-bond acceptors (Lipinski definition) is 5. The summed E-state index contributed by atoms with van der Waals surface area (Å²) < 4.78 is 5.32. The molecule has 2 unspecified atom stereocenters. The average molecular weight is 480 g/mol. The molecule has 0 radical (unpaired) electrons. The number of nitrogens with one attached hydrogen (secondary N) is 2. The molecule has 8 heteroatoms. The molecular weight excluding hydrogens is 438 g/mol. The average Bonchev–Trinajstić information content (AvgIpc) is 2.67. The Bertz CT molecular complexity index is 797. The SMILES string of the molecule is CCCCN(C(=O)C(CS)NC(=O)OC(C)(C)C)C(C(=O)NC(C)(C)C)c1ccc(C)cc1. The number of carbonyl (C=O) groups excluding carboxylic acids is 3. The summed E-state index contributed by atoms with van der Waals surface area (Å²) >= 11 is 4.30. The Balaban J connectivity index is 3.37. The molecule has 0 saturated heterocycles. The van der Waals surface area contributed by atoms with Gasteiger partial charge in [0.25, 0.3) is 0 Å². The minimum absolute atomic E-state index is 0.0716. The fourth-order valence-corrected chi connectivity index (χ4v) is 3.44. The van der Waals surface area contributed by atoms with Crippen molar-refractivity contribution in [2.24, 2.45) is 0 Å². The molecule has 0 bridgehead atoms. The Kier molecular flexibility index (Phi) is 10.7. The maximum atomic E-state index is 13.7. The van der Waals surface area contributed by atoms with Crippen molar-refractivity contribution in [1.29, 1.82) is 0 Å². The fraction of sp³-hybridized carbons (Fsp3) is 0.640. The smallest absolute Gasteiger partial charge is 0.408 e. The Labute approximate surface area is 204 Å². The lowest BCUT2D eigenvalue weighted by Gasteiger charge is -2.35. The maximum Gasteiger partial charge on any atom is 0.408 e. The first-order valence-electron chi connectivity index (χ1n) is 11.5. The zero-order valence-electron chi connectivity index (χ0n) is 21.3. The van der Waals surface area contributed by atoms with E-state index in [-0.39, 0.29) is 17.6 Å². The van der Waals surface area contributed by atoms with E-state index in [1.54, 1.807) is 25.7 Å². The minimum atomic E-state index is -0.935. The van der Waals surface area contributed by atoms with Gasteiger partial charge in [-0.15, -0.1) is 0 Å². The highest BCUT2D eigenvalue weighted by molar-refractivity contribution is 7.80. The highest BCUT2D eigenvalue weighted by atomic mass is 32.1. The Morgan fingerprint density at radius 3 is 2.09 bits per heavy atom. The summed E-state index contributed by atoms with van der Waals surface area (Å²) in [4.78, 5) is 41.0. The number of carbonyl (C=O) groups is 3. The van der Waals surface area contributed by atoms with Crippen LogP contribution in [0.25, 0.3) is 0 Å². The zero-order chi connectivity index (χ0) is 25.4. The van der Waals surface area contributed by atoms with Crippen LogP contribution >= 0.6 is 12.6 Å². The van der Waals surface area contributed by atoms with E-state index in [1.807, 2.05) is 58.9 Å². The van der Waals surface area contributed by atoms with Gasteiger partial charge in [-0.05, 0) is 60.5 Å². The maximum absolute atomic E-state index is 13.7. The van der Waals surface area contributed by atoms with Gasteiger partial charge in [-0.1, -0.05) is 43.2 Å². The molecule has 0 aliphatic heterocycles. The molecule has 2 N–H and O–H groups in total. The molecule has 0 heterocycles. The van der Waals surface area contributed by atoms with Crippen molar-refractivity contribution in [3.05, 3.63) is 35.4 Å². The number of ether oxygens (including phenoxy) is 1. The third-order valence-electron chi connectivity index (χ3n) is 4.66. The van der Waals surface area contributed by atoms with Gasteiger partial charge in [-0.3, -0.25) is 9.59 Å². The Morgan fingerprint density at radius 1 is 1.06 bits per heavy atom. The van der Waals surface area contributed by atoms with E-state index in [1.165, 1.54) is 0 Å². The molecule has 2 atom stereocenters. The first-order valence-corrected chi connectivity index (χ1v) is 12.1. The summed E-state index contributed by atoms with van der Waals surface area (Å²) in [6.45, 7) is 15.3. The summed E-state index contributed by atoms with van der Waals surface area (Å²) in [5.74, 6) is -0.577. The van der Waals surface area contributed by atoms with Crippen LogP contribution in [0.5, 0.6) is 0 Å².